The topological polar surface area (TPSA) is 33.1 Å². The molecular weight excluding hydrogens is 266 g/mol. The Bertz CT molecular complexity index is 647. The number of aromatic nitrogens is 1. The Morgan fingerprint density at radius 2 is 1.65 bits per heavy atom. The predicted octanol–water partition coefficient (Wildman–Crippen LogP) is 3.93. The van der Waals surface area contributed by atoms with Crippen molar-refractivity contribution in [1.29, 1.82) is 0 Å². The Hall–Kier alpha value is -1.97. The van der Waals surface area contributed by atoms with E-state index in [2.05, 4.69) is 35.3 Å². The third-order valence-corrected chi connectivity index (χ3v) is 4.38. The number of pyridine rings is 1. The van der Waals surface area contributed by atoms with Crippen molar-refractivity contribution in [3.63, 3.8) is 0 Å². The van der Waals surface area contributed by atoms with Gasteiger partial charge < -0.3 is 5.11 Å². The highest BCUT2D eigenvalue weighted by molar-refractivity contribution is 7.10. The Balaban J connectivity index is 1.89. The molecule has 20 heavy (non-hydrogen) atoms. The summed E-state index contributed by atoms with van der Waals surface area (Å²) in [7, 11) is 0. The van der Waals surface area contributed by atoms with Crippen LogP contribution in [0.3, 0.4) is 0 Å². The van der Waals surface area contributed by atoms with E-state index in [1.165, 1.54) is 10.4 Å². The maximum atomic E-state index is 9.64. The van der Waals surface area contributed by atoms with Crippen molar-refractivity contribution in [3.8, 4) is 11.1 Å². The minimum atomic E-state index is 0.0708. The van der Waals surface area contributed by atoms with Crippen molar-refractivity contribution in [2.24, 2.45) is 0 Å². The quantitative estimate of drug-likeness (QED) is 0.786. The first-order valence-corrected chi connectivity index (χ1v) is 7.41. The van der Waals surface area contributed by atoms with Gasteiger partial charge in [-0.25, -0.2) is 0 Å². The lowest BCUT2D eigenvalue weighted by Gasteiger charge is -2.13. The molecule has 0 bridgehead atoms. The molecule has 0 radical (unpaired) electrons. The molecule has 0 fully saturated rings. The van der Waals surface area contributed by atoms with Crippen LogP contribution in [-0.2, 0) is 0 Å². The Kier molecular flexibility index (Phi) is 3.90. The summed E-state index contributed by atoms with van der Waals surface area (Å²) in [4.78, 5) is 5.23. The summed E-state index contributed by atoms with van der Waals surface area (Å²) in [6.07, 6.45) is 3.59. The van der Waals surface area contributed by atoms with Gasteiger partial charge in [-0.3, -0.25) is 4.98 Å². The van der Waals surface area contributed by atoms with Gasteiger partial charge in [0.05, 0.1) is 6.61 Å². The molecule has 0 spiro atoms. The van der Waals surface area contributed by atoms with Crippen molar-refractivity contribution in [2.45, 2.75) is 5.92 Å². The van der Waals surface area contributed by atoms with E-state index < -0.39 is 0 Å². The third-order valence-electron chi connectivity index (χ3n) is 3.40. The fourth-order valence-electron chi connectivity index (χ4n) is 2.30. The molecule has 1 N–H and O–H groups in total. The minimum absolute atomic E-state index is 0.0708. The summed E-state index contributed by atoms with van der Waals surface area (Å²) in [6, 6.07) is 16.5. The van der Waals surface area contributed by atoms with Crippen LogP contribution in [0, 0.1) is 0 Å². The van der Waals surface area contributed by atoms with Gasteiger partial charge in [-0.15, -0.1) is 11.3 Å². The Morgan fingerprint density at radius 3 is 2.25 bits per heavy atom. The first-order valence-electron chi connectivity index (χ1n) is 6.53. The molecule has 3 heteroatoms. The van der Waals surface area contributed by atoms with E-state index in [4.69, 9.17) is 0 Å². The summed E-state index contributed by atoms with van der Waals surface area (Å²) >= 11 is 1.68. The Labute approximate surface area is 122 Å². The molecular formula is C17H15NOS. The molecule has 0 saturated carbocycles. The van der Waals surface area contributed by atoms with Crippen LogP contribution in [0.15, 0.2) is 66.3 Å². The average Bonchev–Trinajstić information content (AvgIpc) is 3.04. The van der Waals surface area contributed by atoms with E-state index in [1.807, 2.05) is 23.6 Å². The van der Waals surface area contributed by atoms with Crippen LogP contribution in [0.1, 0.15) is 16.4 Å². The van der Waals surface area contributed by atoms with Crippen molar-refractivity contribution in [2.75, 3.05) is 6.61 Å². The van der Waals surface area contributed by atoms with Gasteiger partial charge in [0.2, 0.25) is 0 Å². The SMILES string of the molecule is OC[C@@H](c1ccc(-c2ccncc2)cc1)c1cccs1. The van der Waals surface area contributed by atoms with Crippen molar-refractivity contribution in [1.82, 2.24) is 4.98 Å². The number of thiophene rings is 1. The summed E-state index contributed by atoms with van der Waals surface area (Å²) in [5.74, 6) is 0.0708. The lowest BCUT2D eigenvalue weighted by molar-refractivity contribution is 0.282. The number of hydrogen-bond donors (Lipinski definition) is 1. The molecule has 3 aromatic rings. The minimum Gasteiger partial charge on any atom is -0.395 e. The number of aliphatic hydroxyl groups excluding tert-OH is 1. The molecule has 2 heterocycles. The van der Waals surface area contributed by atoms with Gasteiger partial charge in [0, 0.05) is 23.2 Å². The van der Waals surface area contributed by atoms with Gasteiger partial charge in [0.25, 0.3) is 0 Å². The van der Waals surface area contributed by atoms with E-state index in [9.17, 15) is 5.11 Å². The standard InChI is InChI=1S/C17H15NOS/c19-12-16(17-2-1-11-20-17)15-5-3-13(4-6-15)14-7-9-18-10-8-14/h1-11,16,19H,12H2/t16-/m0/s1. The molecule has 2 nitrogen and oxygen atoms in total. The van der Waals surface area contributed by atoms with Gasteiger partial charge in [0.15, 0.2) is 0 Å². The van der Waals surface area contributed by atoms with Crippen LogP contribution in [0.5, 0.6) is 0 Å². The van der Waals surface area contributed by atoms with Crippen LogP contribution >= 0.6 is 11.3 Å². The largest absolute Gasteiger partial charge is 0.395 e. The van der Waals surface area contributed by atoms with Crippen molar-refractivity contribution >= 4 is 11.3 Å². The smallest absolute Gasteiger partial charge is 0.0548 e. The molecule has 0 aliphatic heterocycles. The number of benzene rings is 1. The summed E-state index contributed by atoms with van der Waals surface area (Å²) in [6.45, 7) is 0.134. The van der Waals surface area contributed by atoms with Crippen LogP contribution in [-0.4, -0.2) is 16.7 Å². The first kappa shape index (κ1) is 13.0. The zero-order chi connectivity index (χ0) is 13.8. The molecule has 3 rings (SSSR count). The lowest BCUT2D eigenvalue weighted by Crippen LogP contribution is -2.03. The van der Waals surface area contributed by atoms with Gasteiger partial charge in [-0.2, -0.15) is 0 Å². The monoisotopic (exact) mass is 281 g/mol. The van der Waals surface area contributed by atoms with Crippen molar-refractivity contribution < 1.29 is 5.11 Å². The highest BCUT2D eigenvalue weighted by Crippen LogP contribution is 2.29. The van der Waals surface area contributed by atoms with E-state index in [0.29, 0.717) is 0 Å². The molecule has 0 unspecified atom stereocenters. The molecule has 1 aromatic carbocycles. The second-order valence-electron chi connectivity index (χ2n) is 4.61. The molecule has 2 aromatic heterocycles. The van der Waals surface area contributed by atoms with Crippen LogP contribution in [0.2, 0.25) is 0 Å². The second-order valence-corrected chi connectivity index (χ2v) is 5.59. The average molecular weight is 281 g/mol. The number of hydrogen-bond acceptors (Lipinski definition) is 3. The van der Waals surface area contributed by atoms with Crippen molar-refractivity contribution in [3.05, 3.63) is 76.7 Å². The van der Waals surface area contributed by atoms with Gasteiger partial charge in [-0.1, -0.05) is 30.3 Å². The molecule has 100 valence electrons. The predicted molar refractivity (Wildman–Crippen MR) is 82.9 cm³/mol. The first-order chi connectivity index (χ1) is 9.88. The second kappa shape index (κ2) is 5.99. The number of rotatable bonds is 4. The normalized spacial score (nSPS) is 12.2. The zero-order valence-corrected chi connectivity index (χ0v) is 11.8. The van der Waals surface area contributed by atoms with Gasteiger partial charge in [0.1, 0.15) is 0 Å². The zero-order valence-electron chi connectivity index (χ0n) is 10.9. The molecule has 0 aliphatic carbocycles. The third kappa shape index (κ3) is 2.64. The molecule has 0 amide bonds. The van der Waals surface area contributed by atoms with Crippen LogP contribution in [0.4, 0.5) is 0 Å². The Morgan fingerprint density at radius 1 is 0.950 bits per heavy atom. The summed E-state index contributed by atoms with van der Waals surface area (Å²) in [5, 5.41) is 11.7. The van der Waals surface area contributed by atoms with E-state index in [-0.39, 0.29) is 12.5 Å². The summed E-state index contributed by atoms with van der Waals surface area (Å²) < 4.78 is 0. The number of nitrogens with zero attached hydrogens (tertiary/aromatic N) is 1. The van der Waals surface area contributed by atoms with Gasteiger partial charge in [-0.05, 0) is 40.3 Å². The summed E-state index contributed by atoms with van der Waals surface area (Å²) in [5.41, 5.74) is 3.47. The van der Waals surface area contributed by atoms with Gasteiger partial charge >= 0.3 is 0 Å². The number of aliphatic hydroxyl groups is 1. The lowest BCUT2D eigenvalue weighted by atomic mass is 9.96. The highest BCUT2D eigenvalue weighted by atomic mass is 32.1. The van der Waals surface area contributed by atoms with E-state index in [1.54, 1.807) is 23.7 Å². The molecule has 0 saturated heterocycles. The van der Waals surface area contributed by atoms with Crippen LogP contribution < -0.4 is 0 Å². The van der Waals surface area contributed by atoms with E-state index in [0.717, 1.165) is 11.1 Å². The maximum absolute atomic E-state index is 9.64. The van der Waals surface area contributed by atoms with E-state index >= 15 is 0 Å². The molecule has 0 aliphatic rings. The fraction of sp³-hybridized carbons (Fsp3) is 0.118. The highest BCUT2D eigenvalue weighted by Gasteiger charge is 2.13. The fourth-order valence-corrected chi connectivity index (χ4v) is 3.15. The maximum Gasteiger partial charge on any atom is 0.0548 e. The van der Waals surface area contributed by atoms with Crippen LogP contribution in [0.25, 0.3) is 11.1 Å². The molecule has 1 atom stereocenters.